The summed E-state index contributed by atoms with van der Waals surface area (Å²) in [6.45, 7) is 3.81. The second-order valence-corrected chi connectivity index (χ2v) is 4.50. The zero-order chi connectivity index (χ0) is 14.6. The summed E-state index contributed by atoms with van der Waals surface area (Å²) in [7, 11) is 1.71. The fraction of sp³-hybridized carbons (Fsp3) is 0.562. The molecule has 0 spiro atoms. The van der Waals surface area contributed by atoms with E-state index < -0.39 is 0 Å². The normalized spacial score (nSPS) is 10.3. The summed E-state index contributed by atoms with van der Waals surface area (Å²) in [5, 5.41) is 0. The van der Waals surface area contributed by atoms with Gasteiger partial charge >= 0.3 is 5.97 Å². The number of benzene rings is 1. The molecule has 0 radical (unpaired) electrons. The lowest BCUT2D eigenvalue weighted by Gasteiger charge is -2.06. The summed E-state index contributed by atoms with van der Waals surface area (Å²) in [5.74, 6) is 0.493. The van der Waals surface area contributed by atoms with Crippen molar-refractivity contribution < 1.29 is 19.0 Å². The van der Waals surface area contributed by atoms with E-state index >= 15 is 0 Å². The van der Waals surface area contributed by atoms with Gasteiger partial charge < -0.3 is 14.2 Å². The Morgan fingerprint density at radius 2 is 1.65 bits per heavy atom. The Balaban J connectivity index is 2.18. The maximum absolute atomic E-state index is 11.8. The van der Waals surface area contributed by atoms with Gasteiger partial charge in [0, 0.05) is 13.7 Å². The van der Waals surface area contributed by atoms with E-state index in [1.54, 1.807) is 31.4 Å². The van der Waals surface area contributed by atoms with Crippen molar-refractivity contribution in [1.82, 2.24) is 0 Å². The fourth-order valence-electron chi connectivity index (χ4n) is 1.80. The number of esters is 1. The van der Waals surface area contributed by atoms with Gasteiger partial charge in [-0.1, -0.05) is 6.42 Å². The van der Waals surface area contributed by atoms with Crippen molar-refractivity contribution in [3.05, 3.63) is 29.8 Å². The minimum atomic E-state index is -0.273. The van der Waals surface area contributed by atoms with Crippen LogP contribution in [0.5, 0.6) is 5.75 Å². The van der Waals surface area contributed by atoms with E-state index in [1.807, 2.05) is 6.92 Å². The van der Waals surface area contributed by atoms with E-state index in [-0.39, 0.29) is 5.97 Å². The van der Waals surface area contributed by atoms with Crippen molar-refractivity contribution in [2.24, 2.45) is 0 Å². The van der Waals surface area contributed by atoms with Crippen molar-refractivity contribution in [2.75, 3.05) is 26.9 Å². The first-order chi connectivity index (χ1) is 9.77. The van der Waals surface area contributed by atoms with Gasteiger partial charge in [-0.25, -0.2) is 4.79 Å². The lowest BCUT2D eigenvalue weighted by Crippen LogP contribution is -2.06. The van der Waals surface area contributed by atoms with Crippen molar-refractivity contribution in [3.63, 3.8) is 0 Å². The van der Waals surface area contributed by atoms with Crippen LogP contribution in [0.15, 0.2) is 24.3 Å². The molecule has 1 aromatic rings. The first-order valence-electron chi connectivity index (χ1n) is 7.17. The van der Waals surface area contributed by atoms with E-state index in [2.05, 4.69) is 0 Å². The number of carbonyl (C=O) groups excluding carboxylic acids is 1. The minimum Gasteiger partial charge on any atom is -0.494 e. The number of ether oxygens (including phenoxy) is 3. The summed E-state index contributed by atoms with van der Waals surface area (Å²) in [5.41, 5.74) is 0.563. The number of rotatable bonds is 10. The molecule has 0 N–H and O–H groups in total. The van der Waals surface area contributed by atoms with Gasteiger partial charge in [-0.05, 0) is 50.5 Å². The van der Waals surface area contributed by atoms with Crippen molar-refractivity contribution in [3.8, 4) is 5.75 Å². The van der Waals surface area contributed by atoms with Crippen LogP contribution >= 0.6 is 0 Å². The molecule has 0 bridgehead atoms. The molecule has 1 aromatic carbocycles. The molecular formula is C16H24O4. The van der Waals surface area contributed by atoms with E-state index in [9.17, 15) is 4.79 Å². The molecule has 0 amide bonds. The standard InChI is InChI=1S/C16H24O4/c1-3-19-15-10-8-14(9-11-15)16(17)20-13-7-5-4-6-12-18-2/h8-11H,3-7,12-13H2,1-2H3. The SMILES string of the molecule is CCOc1ccc(C(=O)OCCCCCCOC)cc1. The Labute approximate surface area is 121 Å². The van der Waals surface area contributed by atoms with Crippen molar-refractivity contribution in [2.45, 2.75) is 32.6 Å². The van der Waals surface area contributed by atoms with Gasteiger partial charge in [-0.15, -0.1) is 0 Å². The largest absolute Gasteiger partial charge is 0.494 e. The van der Waals surface area contributed by atoms with E-state index in [4.69, 9.17) is 14.2 Å². The van der Waals surface area contributed by atoms with Gasteiger partial charge in [0.15, 0.2) is 0 Å². The molecule has 0 heterocycles. The molecule has 0 aliphatic carbocycles. The third-order valence-electron chi connectivity index (χ3n) is 2.88. The molecule has 0 atom stereocenters. The summed E-state index contributed by atoms with van der Waals surface area (Å²) < 4.78 is 15.5. The summed E-state index contributed by atoms with van der Waals surface area (Å²) in [6.07, 6.45) is 4.12. The first kappa shape index (κ1) is 16.5. The zero-order valence-electron chi connectivity index (χ0n) is 12.4. The maximum atomic E-state index is 11.8. The Hall–Kier alpha value is -1.55. The summed E-state index contributed by atoms with van der Waals surface area (Å²) >= 11 is 0. The van der Waals surface area contributed by atoms with Crippen LogP contribution in [-0.2, 0) is 9.47 Å². The van der Waals surface area contributed by atoms with Crippen LogP contribution in [-0.4, -0.2) is 32.9 Å². The Kier molecular flexibility index (Phi) is 8.47. The van der Waals surface area contributed by atoms with Crippen LogP contribution < -0.4 is 4.74 Å². The van der Waals surface area contributed by atoms with Crippen LogP contribution in [0.3, 0.4) is 0 Å². The van der Waals surface area contributed by atoms with Gasteiger partial charge in [0.2, 0.25) is 0 Å². The lowest BCUT2D eigenvalue weighted by molar-refractivity contribution is 0.0497. The van der Waals surface area contributed by atoms with Crippen LogP contribution in [0.1, 0.15) is 43.0 Å². The highest BCUT2D eigenvalue weighted by Gasteiger charge is 2.06. The van der Waals surface area contributed by atoms with Crippen LogP contribution in [0.4, 0.5) is 0 Å². The quantitative estimate of drug-likeness (QED) is 0.486. The van der Waals surface area contributed by atoms with Gasteiger partial charge in [0.1, 0.15) is 5.75 Å². The summed E-state index contributed by atoms with van der Waals surface area (Å²) in [6, 6.07) is 7.02. The third kappa shape index (κ3) is 6.57. The van der Waals surface area contributed by atoms with Crippen LogP contribution in [0.25, 0.3) is 0 Å². The van der Waals surface area contributed by atoms with Gasteiger partial charge in [-0.2, -0.15) is 0 Å². The average molecular weight is 280 g/mol. The fourth-order valence-corrected chi connectivity index (χ4v) is 1.80. The van der Waals surface area contributed by atoms with Gasteiger partial charge in [0.05, 0.1) is 18.8 Å². The third-order valence-corrected chi connectivity index (χ3v) is 2.88. The molecule has 0 aliphatic heterocycles. The van der Waals surface area contributed by atoms with Crippen LogP contribution in [0, 0.1) is 0 Å². The molecule has 0 aliphatic rings. The molecular weight excluding hydrogens is 256 g/mol. The molecule has 0 fully saturated rings. The number of unbranched alkanes of at least 4 members (excludes halogenated alkanes) is 3. The van der Waals surface area contributed by atoms with Crippen molar-refractivity contribution >= 4 is 5.97 Å². The lowest BCUT2D eigenvalue weighted by atomic mass is 10.2. The van der Waals surface area contributed by atoms with Crippen LogP contribution in [0.2, 0.25) is 0 Å². The number of hydrogen-bond donors (Lipinski definition) is 0. The van der Waals surface area contributed by atoms with E-state index in [1.165, 1.54) is 0 Å². The first-order valence-corrected chi connectivity index (χ1v) is 7.17. The van der Waals surface area contributed by atoms with Crippen molar-refractivity contribution in [1.29, 1.82) is 0 Å². The highest BCUT2D eigenvalue weighted by molar-refractivity contribution is 5.89. The number of hydrogen-bond acceptors (Lipinski definition) is 4. The highest BCUT2D eigenvalue weighted by Crippen LogP contribution is 2.13. The number of carbonyl (C=O) groups is 1. The Morgan fingerprint density at radius 3 is 2.25 bits per heavy atom. The highest BCUT2D eigenvalue weighted by atomic mass is 16.5. The molecule has 0 unspecified atom stereocenters. The zero-order valence-corrected chi connectivity index (χ0v) is 12.4. The Bertz CT molecular complexity index is 373. The monoisotopic (exact) mass is 280 g/mol. The molecule has 4 heteroatoms. The molecule has 0 saturated carbocycles. The Morgan fingerprint density at radius 1 is 1.00 bits per heavy atom. The van der Waals surface area contributed by atoms with Gasteiger partial charge in [0.25, 0.3) is 0 Å². The molecule has 0 saturated heterocycles. The van der Waals surface area contributed by atoms with E-state index in [0.717, 1.165) is 38.0 Å². The predicted molar refractivity (Wildman–Crippen MR) is 78.2 cm³/mol. The molecule has 20 heavy (non-hydrogen) atoms. The minimum absolute atomic E-state index is 0.273. The average Bonchev–Trinajstić information content (AvgIpc) is 2.47. The molecule has 4 nitrogen and oxygen atoms in total. The maximum Gasteiger partial charge on any atom is 0.338 e. The predicted octanol–water partition coefficient (Wildman–Crippen LogP) is 3.45. The second kappa shape index (κ2) is 10.3. The molecule has 112 valence electrons. The van der Waals surface area contributed by atoms with Gasteiger partial charge in [-0.3, -0.25) is 0 Å². The van der Waals surface area contributed by atoms with E-state index in [0.29, 0.717) is 18.8 Å². The second-order valence-electron chi connectivity index (χ2n) is 4.50. The molecule has 0 aromatic heterocycles. The summed E-state index contributed by atoms with van der Waals surface area (Å²) in [4.78, 5) is 11.8. The molecule has 1 rings (SSSR count). The smallest absolute Gasteiger partial charge is 0.338 e. The topological polar surface area (TPSA) is 44.8 Å². The number of methoxy groups -OCH3 is 1.